The van der Waals surface area contributed by atoms with E-state index in [0.717, 1.165) is 44.1 Å². The molecule has 1 aromatic rings. The lowest BCUT2D eigenvalue weighted by atomic mass is 10.0. The van der Waals surface area contributed by atoms with Gasteiger partial charge in [0.05, 0.1) is 0 Å². The molecule has 0 saturated heterocycles. The van der Waals surface area contributed by atoms with Crippen LogP contribution in [0, 0.1) is 6.92 Å². The number of nitrogens with one attached hydrogen (secondary N) is 1. The van der Waals surface area contributed by atoms with Crippen molar-refractivity contribution in [1.29, 1.82) is 0 Å². The van der Waals surface area contributed by atoms with Gasteiger partial charge in [-0.1, -0.05) is 6.92 Å². The van der Waals surface area contributed by atoms with E-state index in [2.05, 4.69) is 43.2 Å². The Morgan fingerprint density at radius 3 is 2.68 bits per heavy atom. The number of nitrogens with zero attached hydrogens (tertiary/aromatic N) is 1. The molecule has 0 fully saturated rings. The van der Waals surface area contributed by atoms with Gasteiger partial charge >= 0.3 is 0 Å². The Kier molecular flexibility index (Phi) is 5.05. The molecule has 0 amide bonds. The first-order valence-corrected chi connectivity index (χ1v) is 6.99. The third-order valence-electron chi connectivity index (χ3n) is 3.51. The van der Waals surface area contributed by atoms with Gasteiger partial charge in [0.25, 0.3) is 0 Å². The zero-order chi connectivity index (χ0) is 13.7. The Labute approximate surface area is 115 Å². The van der Waals surface area contributed by atoms with Crippen LogP contribution in [0.4, 0.5) is 0 Å². The maximum absolute atomic E-state index is 5.43. The molecule has 4 nitrogen and oxygen atoms in total. The van der Waals surface area contributed by atoms with Crippen LogP contribution in [-0.4, -0.2) is 44.9 Å². The minimum absolute atomic E-state index is 0.348. The number of hydrogen-bond donors (Lipinski definition) is 1. The minimum Gasteiger partial charge on any atom is -0.454 e. The van der Waals surface area contributed by atoms with E-state index in [-0.39, 0.29) is 0 Å². The van der Waals surface area contributed by atoms with Gasteiger partial charge in [0, 0.05) is 19.6 Å². The highest BCUT2D eigenvalue weighted by Crippen LogP contribution is 2.34. The normalized spacial score (nSPS) is 13.3. The van der Waals surface area contributed by atoms with Crippen LogP contribution in [0.5, 0.6) is 11.5 Å². The molecular formula is C15H24N2O2. The van der Waals surface area contributed by atoms with Crippen LogP contribution < -0.4 is 14.8 Å². The van der Waals surface area contributed by atoms with Crippen molar-refractivity contribution in [1.82, 2.24) is 10.2 Å². The summed E-state index contributed by atoms with van der Waals surface area (Å²) >= 11 is 0. The standard InChI is InChI=1S/C15H24N2O2/c1-4-16-6-8-17(3)7-5-13-10-15-14(9-12(13)2)18-11-19-15/h9-10,16H,4-8,11H2,1-3H3. The minimum atomic E-state index is 0.348. The summed E-state index contributed by atoms with van der Waals surface area (Å²) in [6, 6.07) is 4.20. The molecule has 1 aromatic carbocycles. The first-order chi connectivity index (χ1) is 9.20. The summed E-state index contributed by atoms with van der Waals surface area (Å²) in [6.07, 6.45) is 1.05. The van der Waals surface area contributed by atoms with Gasteiger partial charge in [-0.15, -0.1) is 0 Å². The molecule has 106 valence electrons. The van der Waals surface area contributed by atoms with E-state index in [9.17, 15) is 0 Å². The van der Waals surface area contributed by atoms with E-state index in [1.165, 1.54) is 11.1 Å². The number of hydrogen-bond acceptors (Lipinski definition) is 4. The molecule has 4 heteroatoms. The lowest BCUT2D eigenvalue weighted by Crippen LogP contribution is -2.30. The highest BCUT2D eigenvalue weighted by Gasteiger charge is 2.15. The second kappa shape index (κ2) is 6.78. The van der Waals surface area contributed by atoms with Crippen molar-refractivity contribution in [3.8, 4) is 11.5 Å². The van der Waals surface area contributed by atoms with Crippen molar-refractivity contribution in [2.75, 3.05) is 40.0 Å². The molecule has 0 radical (unpaired) electrons. The first kappa shape index (κ1) is 14.2. The summed E-state index contributed by atoms with van der Waals surface area (Å²) in [5, 5.41) is 3.34. The van der Waals surface area contributed by atoms with E-state index in [1.54, 1.807) is 0 Å². The number of fused-ring (bicyclic) bond motifs is 1. The zero-order valence-corrected chi connectivity index (χ0v) is 12.2. The Morgan fingerprint density at radius 1 is 1.21 bits per heavy atom. The third kappa shape index (κ3) is 3.85. The molecule has 1 aliphatic heterocycles. The van der Waals surface area contributed by atoms with Gasteiger partial charge in [-0.3, -0.25) is 0 Å². The molecule has 2 rings (SSSR count). The van der Waals surface area contributed by atoms with Crippen molar-refractivity contribution in [2.45, 2.75) is 20.3 Å². The number of rotatable bonds is 7. The van der Waals surface area contributed by atoms with E-state index < -0.39 is 0 Å². The quantitative estimate of drug-likeness (QED) is 0.762. The molecule has 19 heavy (non-hydrogen) atoms. The summed E-state index contributed by atoms with van der Waals surface area (Å²) in [5.74, 6) is 1.76. The fraction of sp³-hybridized carbons (Fsp3) is 0.600. The van der Waals surface area contributed by atoms with Gasteiger partial charge in [0.15, 0.2) is 11.5 Å². The SMILES string of the molecule is CCNCCN(C)CCc1cc2c(cc1C)OCO2. The summed E-state index contributed by atoms with van der Waals surface area (Å²) < 4.78 is 10.8. The van der Waals surface area contributed by atoms with Crippen molar-refractivity contribution >= 4 is 0 Å². The highest BCUT2D eigenvalue weighted by molar-refractivity contribution is 5.48. The Bertz CT molecular complexity index is 421. The molecule has 0 spiro atoms. The molecule has 0 unspecified atom stereocenters. The maximum Gasteiger partial charge on any atom is 0.231 e. The number of ether oxygens (including phenoxy) is 2. The Hall–Kier alpha value is -1.26. The second-order valence-electron chi connectivity index (χ2n) is 5.04. The van der Waals surface area contributed by atoms with Crippen LogP contribution >= 0.6 is 0 Å². The van der Waals surface area contributed by atoms with E-state index in [0.29, 0.717) is 6.79 Å². The number of likely N-dealkylation sites (N-methyl/N-ethyl adjacent to an activating group) is 2. The second-order valence-corrected chi connectivity index (χ2v) is 5.04. The first-order valence-electron chi connectivity index (χ1n) is 6.99. The fourth-order valence-corrected chi connectivity index (χ4v) is 2.22. The van der Waals surface area contributed by atoms with Crippen LogP contribution in [0.2, 0.25) is 0 Å². The monoisotopic (exact) mass is 264 g/mol. The summed E-state index contributed by atoms with van der Waals surface area (Å²) in [4.78, 5) is 2.35. The predicted octanol–water partition coefficient (Wildman–Crippen LogP) is 1.81. The molecule has 0 bridgehead atoms. The van der Waals surface area contributed by atoms with Crippen LogP contribution in [0.15, 0.2) is 12.1 Å². The average Bonchev–Trinajstić information content (AvgIpc) is 2.83. The van der Waals surface area contributed by atoms with Gasteiger partial charge in [-0.2, -0.15) is 0 Å². The predicted molar refractivity (Wildman–Crippen MR) is 77.0 cm³/mol. The van der Waals surface area contributed by atoms with Gasteiger partial charge in [0.1, 0.15) is 0 Å². The average molecular weight is 264 g/mol. The molecular weight excluding hydrogens is 240 g/mol. The van der Waals surface area contributed by atoms with Crippen LogP contribution in [0.1, 0.15) is 18.1 Å². The fourth-order valence-electron chi connectivity index (χ4n) is 2.22. The van der Waals surface area contributed by atoms with Crippen molar-refractivity contribution in [2.24, 2.45) is 0 Å². The Morgan fingerprint density at radius 2 is 1.95 bits per heavy atom. The summed E-state index contributed by atoms with van der Waals surface area (Å²) in [5.41, 5.74) is 2.63. The van der Waals surface area contributed by atoms with E-state index in [4.69, 9.17) is 9.47 Å². The lowest BCUT2D eigenvalue weighted by molar-refractivity contribution is 0.174. The van der Waals surface area contributed by atoms with E-state index >= 15 is 0 Å². The van der Waals surface area contributed by atoms with Gasteiger partial charge in [0.2, 0.25) is 6.79 Å². The molecule has 1 heterocycles. The molecule has 0 aromatic heterocycles. The van der Waals surface area contributed by atoms with Gasteiger partial charge in [-0.05, 0) is 50.2 Å². The van der Waals surface area contributed by atoms with Gasteiger partial charge < -0.3 is 19.7 Å². The zero-order valence-electron chi connectivity index (χ0n) is 12.2. The maximum atomic E-state index is 5.43. The van der Waals surface area contributed by atoms with Crippen molar-refractivity contribution in [3.63, 3.8) is 0 Å². The number of benzene rings is 1. The van der Waals surface area contributed by atoms with Crippen molar-refractivity contribution in [3.05, 3.63) is 23.3 Å². The van der Waals surface area contributed by atoms with Crippen molar-refractivity contribution < 1.29 is 9.47 Å². The van der Waals surface area contributed by atoms with E-state index in [1.807, 2.05) is 0 Å². The lowest BCUT2D eigenvalue weighted by Gasteiger charge is -2.17. The molecule has 0 aliphatic carbocycles. The number of aryl methyl sites for hydroxylation is 1. The van der Waals surface area contributed by atoms with Crippen LogP contribution in [0.25, 0.3) is 0 Å². The molecule has 1 N–H and O–H groups in total. The smallest absolute Gasteiger partial charge is 0.231 e. The molecule has 0 atom stereocenters. The summed E-state index contributed by atoms with van der Waals surface area (Å²) in [6.45, 7) is 8.85. The van der Waals surface area contributed by atoms with Crippen LogP contribution in [-0.2, 0) is 6.42 Å². The highest BCUT2D eigenvalue weighted by atomic mass is 16.7. The topological polar surface area (TPSA) is 33.7 Å². The largest absolute Gasteiger partial charge is 0.454 e. The van der Waals surface area contributed by atoms with Crippen LogP contribution in [0.3, 0.4) is 0 Å². The summed E-state index contributed by atoms with van der Waals surface area (Å²) in [7, 11) is 2.17. The molecule has 0 saturated carbocycles. The third-order valence-corrected chi connectivity index (χ3v) is 3.51. The van der Waals surface area contributed by atoms with Gasteiger partial charge in [-0.25, -0.2) is 0 Å². The molecule has 1 aliphatic rings. The Balaban J connectivity index is 1.86.